The van der Waals surface area contributed by atoms with Gasteiger partial charge in [-0.25, -0.2) is 0 Å². The SMILES string of the molecule is [CH2][C@H]1CCN(CC)C1. The number of likely N-dealkylation sites (tertiary alicyclic amines) is 1. The molecule has 1 aliphatic rings. The number of hydrogen-bond donors (Lipinski definition) is 0. The van der Waals surface area contributed by atoms with E-state index < -0.39 is 0 Å². The van der Waals surface area contributed by atoms with Crippen molar-refractivity contribution < 1.29 is 0 Å². The minimum atomic E-state index is 0.704. The van der Waals surface area contributed by atoms with Crippen LogP contribution >= 0.6 is 0 Å². The fourth-order valence-electron chi connectivity index (χ4n) is 1.20. The first-order valence-corrected chi connectivity index (χ1v) is 3.38. The second-order valence-electron chi connectivity index (χ2n) is 2.55. The molecule has 1 saturated heterocycles. The maximum atomic E-state index is 3.99. The van der Waals surface area contributed by atoms with Gasteiger partial charge in [-0.15, -0.1) is 0 Å². The summed E-state index contributed by atoms with van der Waals surface area (Å²) in [4.78, 5) is 2.44. The van der Waals surface area contributed by atoms with Crippen molar-refractivity contribution in [2.24, 2.45) is 5.92 Å². The Labute approximate surface area is 51.7 Å². The van der Waals surface area contributed by atoms with Crippen molar-refractivity contribution in [1.29, 1.82) is 0 Å². The molecule has 1 radical (unpaired) electrons. The fraction of sp³-hybridized carbons (Fsp3) is 0.857. The minimum Gasteiger partial charge on any atom is -0.303 e. The Morgan fingerprint density at radius 2 is 2.50 bits per heavy atom. The second kappa shape index (κ2) is 2.49. The van der Waals surface area contributed by atoms with E-state index in [0.29, 0.717) is 5.92 Å². The van der Waals surface area contributed by atoms with E-state index in [9.17, 15) is 0 Å². The first-order chi connectivity index (χ1) is 3.83. The third-order valence-electron chi connectivity index (χ3n) is 1.82. The Kier molecular flexibility index (Phi) is 1.90. The highest BCUT2D eigenvalue weighted by atomic mass is 15.1. The average molecular weight is 112 g/mol. The van der Waals surface area contributed by atoms with Crippen LogP contribution in [0.15, 0.2) is 0 Å². The van der Waals surface area contributed by atoms with Crippen molar-refractivity contribution in [3.05, 3.63) is 6.92 Å². The van der Waals surface area contributed by atoms with E-state index in [1.54, 1.807) is 0 Å². The van der Waals surface area contributed by atoms with E-state index in [1.807, 2.05) is 0 Å². The van der Waals surface area contributed by atoms with Crippen molar-refractivity contribution in [3.63, 3.8) is 0 Å². The zero-order valence-electron chi connectivity index (χ0n) is 5.56. The topological polar surface area (TPSA) is 3.24 Å². The molecule has 0 saturated carbocycles. The first-order valence-electron chi connectivity index (χ1n) is 3.38. The summed E-state index contributed by atoms with van der Waals surface area (Å²) >= 11 is 0. The van der Waals surface area contributed by atoms with E-state index in [1.165, 1.54) is 26.1 Å². The largest absolute Gasteiger partial charge is 0.303 e. The zero-order valence-corrected chi connectivity index (χ0v) is 5.56. The Balaban J connectivity index is 2.22. The van der Waals surface area contributed by atoms with Gasteiger partial charge in [0.25, 0.3) is 0 Å². The van der Waals surface area contributed by atoms with Gasteiger partial charge >= 0.3 is 0 Å². The molecular weight excluding hydrogens is 98.1 g/mol. The summed E-state index contributed by atoms with van der Waals surface area (Å²) in [7, 11) is 0. The molecule has 0 aliphatic carbocycles. The zero-order chi connectivity index (χ0) is 5.98. The molecule has 0 aromatic heterocycles. The summed E-state index contributed by atoms with van der Waals surface area (Å²) in [5.74, 6) is 0.704. The van der Waals surface area contributed by atoms with Crippen LogP contribution in [0.1, 0.15) is 13.3 Å². The highest BCUT2D eigenvalue weighted by Crippen LogP contribution is 2.12. The second-order valence-corrected chi connectivity index (χ2v) is 2.55. The van der Waals surface area contributed by atoms with Gasteiger partial charge in [-0.3, -0.25) is 0 Å². The molecule has 0 bridgehead atoms. The molecule has 8 heavy (non-hydrogen) atoms. The number of nitrogens with zero attached hydrogens (tertiary/aromatic N) is 1. The van der Waals surface area contributed by atoms with Gasteiger partial charge < -0.3 is 4.90 Å². The highest BCUT2D eigenvalue weighted by Gasteiger charge is 2.15. The van der Waals surface area contributed by atoms with Gasteiger partial charge in [0.2, 0.25) is 0 Å². The van der Waals surface area contributed by atoms with Gasteiger partial charge in [-0.05, 0) is 32.4 Å². The summed E-state index contributed by atoms with van der Waals surface area (Å²) in [5.41, 5.74) is 0. The van der Waals surface area contributed by atoms with Gasteiger partial charge in [0.05, 0.1) is 0 Å². The lowest BCUT2D eigenvalue weighted by molar-refractivity contribution is 0.351. The molecule has 1 heterocycles. The van der Waals surface area contributed by atoms with Crippen molar-refractivity contribution >= 4 is 0 Å². The monoisotopic (exact) mass is 112 g/mol. The summed E-state index contributed by atoms with van der Waals surface area (Å²) in [5, 5.41) is 0. The Hall–Kier alpha value is -0.0400. The molecule has 0 aromatic carbocycles. The molecule has 0 unspecified atom stereocenters. The van der Waals surface area contributed by atoms with Gasteiger partial charge in [0.15, 0.2) is 0 Å². The Morgan fingerprint density at radius 1 is 1.75 bits per heavy atom. The van der Waals surface area contributed by atoms with Crippen LogP contribution in [0, 0.1) is 12.8 Å². The van der Waals surface area contributed by atoms with Crippen molar-refractivity contribution in [2.75, 3.05) is 19.6 Å². The molecule has 47 valence electrons. The third-order valence-corrected chi connectivity index (χ3v) is 1.82. The van der Waals surface area contributed by atoms with Crippen molar-refractivity contribution in [1.82, 2.24) is 4.90 Å². The van der Waals surface area contributed by atoms with E-state index in [0.717, 1.165) is 0 Å². The predicted octanol–water partition coefficient (Wildman–Crippen LogP) is 1.16. The molecule has 1 aliphatic heterocycles. The van der Waals surface area contributed by atoms with Crippen LogP contribution in [0.4, 0.5) is 0 Å². The van der Waals surface area contributed by atoms with Crippen LogP contribution in [0.5, 0.6) is 0 Å². The van der Waals surface area contributed by atoms with E-state index in [-0.39, 0.29) is 0 Å². The molecule has 0 aromatic rings. The first kappa shape index (κ1) is 6.09. The summed E-state index contributed by atoms with van der Waals surface area (Å²) in [6, 6.07) is 0. The maximum absolute atomic E-state index is 3.99. The molecule has 1 heteroatoms. The molecule has 1 atom stereocenters. The van der Waals surface area contributed by atoms with Crippen molar-refractivity contribution in [3.8, 4) is 0 Å². The van der Waals surface area contributed by atoms with Crippen LogP contribution in [0.3, 0.4) is 0 Å². The number of hydrogen-bond acceptors (Lipinski definition) is 1. The van der Waals surface area contributed by atoms with Gasteiger partial charge in [-0.2, -0.15) is 0 Å². The Morgan fingerprint density at radius 3 is 2.75 bits per heavy atom. The maximum Gasteiger partial charge on any atom is 0.00100 e. The average Bonchev–Trinajstić information content (AvgIpc) is 2.14. The molecule has 0 N–H and O–H groups in total. The molecule has 1 fully saturated rings. The van der Waals surface area contributed by atoms with E-state index in [2.05, 4.69) is 18.7 Å². The highest BCUT2D eigenvalue weighted by molar-refractivity contribution is 4.75. The molecule has 1 nitrogen and oxygen atoms in total. The molecular formula is C7H14N. The van der Waals surface area contributed by atoms with Crippen LogP contribution in [0.25, 0.3) is 0 Å². The number of rotatable bonds is 1. The quantitative estimate of drug-likeness (QED) is 0.492. The van der Waals surface area contributed by atoms with Crippen LogP contribution < -0.4 is 0 Å². The van der Waals surface area contributed by atoms with Gasteiger partial charge in [0.1, 0.15) is 0 Å². The standard InChI is InChI=1S/C7H14N/c1-3-8-5-4-7(2)6-8/h7H,2-6H2,1H3/t7-/m0/s1. The summed E-state index contributed by atoms with van der Waals surface area (Å²) < 4.78 is 0. The van der Waals surface area contributed by atoms with Gasteiger partial charge in [-0.1, -0.05) is 6.92 Å². The molecule has 1 rings (SSSR count). The normalized spacial score (nSPS) is 31.5. The van der Waals surface area contributed by atoms with Crippen LogP contribution in [-0.4, -0.2) is 24.5 Å². The molecule has 0 amide bonds. The van der Waals surface area contributed by atoms with Crippen LogP contribution in [-0.2, 0) is 0 Å². The predicted molar refractivity (Wildman–Crippen MR) is 35.6 cm³/mol. The summed E-state index contributed by atoms with van der Waals surface area (Å²) in [6.07, 6.45) is 1.30. The summed E-state index contributed by atoms with van der Waals surface area (Å²) in [6.45, 7) is 9.89. The third kappa shape index (κ3) is 1.22. The minimum absolute atomic E-state index is 0.704. The van der Waals surface area contributed by atoms with Crippen molar-refractivity contribution in [2.45, 2.75) is 13.3 Å². The Bertz CT molecular complexity index is 70.8. The fourth-order valence-corrected chi connectivity index (χ4v) is 1.20. The van der Waals surface area contributed by atoms with Gasteiger partial charge in [0, 0.05) is 6.54 Å². The lowest BCUT2D eigenvalue weighted by Crippen LogP contribution is -2.18. The lowest BCUT2D eigenvalue weighted by Gasteiger charge is -2.09. The van der Waals surface area contributed by atoms with E-state index in [4.69, 9.17) is 0 Å². The van der Waals surface area contributed by atoms with Crippen LogP contribution in [0.2, 0.25) is 0 Å². The van der Waals surface area contributed by atoms with E-state index >= 15 is 0 Å². The lowest BCUT2D eigenvalue weighted by atomic mass is 10.2. The molecule has 0 spiro atoms. The smallest absolute Gasteiger partial charge is 0.00100 e.